The van der Waals surface area contributed by atoms with Crippen molar-refractivity contribution in [1.82, 2.24) is 15.2 Å². The monoisotopic (exact) mass is 406 g/mol. The molecule has 0 saturated carbocycles. The summed E-state index contributed by atoms with van der Waals surface area (Å²) in [5, 5.41) is 17.7. The molecular formula is C22H22N4O2S. The highest BCUT2D eigenvalue weighted by Crippen LogP contribution is 2.43. The number of ether oxygens (including phenoxy) is 1. The Hall–Kier alpha value is -3.03. The second kappa shape index (κ2) is 8.14. The molecule has 1 aliphatic rings. The highest BCUT2D eigenvalue weighted by molar-refractivity contribution is 7.71. The van der Waals surface area contributed by atoms with Crippen LogP contribution in [0, 0.1) is 4.77 Å². The number of aromatic amines is 1. The Kier molecular flexibility index (Phi) is 5.42. The zero-order chi connectivity index (χ0) is 20.4. The van der Waals surface area contributed by atoms with Crippen molar-refractivity contribution in [2.75, 3.05) is 4.90 Å². The first-order chi connectivity index (χ1) is 14.1. The van der Waals surface area contributed by atoms with Gasteiger partial charge < -0.3 is 14.7 Å². The highest BCUT2D eigenvalue weighted by atomic mass is 32.1. The molecule has 2 atom stereocenters. The Labute approximate surface area is 174 Å². The number of aryl methyl sites for hydroxylation is 1. The third kappa shape index (κ3) is 3.79. The minimum absolute atomic E-state index is 0.241. The van der Waals surface area contributed by atoms with Crippen LogP contribution in [-0.4, -0.2) is 26.5 Å². The van der Waals surface area contributed by atoms with E-state index in [1.54, 1.807) is 6.92 Å². The maximum atomic E-state index is 10.7. The molecule has 1 aromatic heterocycles. The normalized spacial score (nSPS) is 16.2. The number of anilines is 1. The maximum Gasteiger partial charge on any atom is 0.247 e. The summed E-state index contributed by atoms with van der Waals surface area (Å²) in [6.07, 6.45) is 2.38. The van der Waals surface area contributed by atoms with Crippen molar-refractivity contribution < 1.29 is 9.84 Å². The molecule has 29 heavy (non-hydrogen) atoms. The maximum absolute atomic E-state index is 10.7. The molecular weight excluding hydrogens is 384 g/mol. The first-order valence-corrected chi connectivity index (χ1v) is 9.88. The van der Waals surface area contributed by atoms with Gasteiger partial charge in [0.05, 0.1) is 5.69 Å². The first kappa shape index (κ1) is 19.3. The summed E-state index contributed by atoms with van der Waals surface area (Å²) in [4.78, 5) is 6.18. The lowest BCUT2D eigenvalue weighted by molar-refractivity contribution is 0.108. The fraction of sp³-hybridized carbons (Fsp3) is 0.227. The zero-order valence-electron chi connectivity index (χ0n) is 16.1. The Morgan fingerprint density at radius 1 is 1.28 bits per heavy atom. The van der Waals surface area contributed by atoms with E-state index >= 15 is 0 Å². The van der Waals surface area contributed by atoms with Crippen LogP contribution in [0.15, 0.2) is 61.2 Å². The van der Waals surface area contributed by atoms with Gasteiger partial charge in [-0.1, -0.05) is 48.5 Å². The minimum atomic E-state index is -0.803. The fourth-order valence-electron chi connectivity index (χ4n) is 3.51. The molecule has 7 heteroatoms. The number of benzene rings is 2. The molecule has 0 aliphatic carbocycles. The van der Waals surface area contributed by atoms with Crippen LogP contribution in [0.3, 0.4) is 0 Å². The van der Waals surface area contributed by atoms with E-state index in [1.165, 1.54) is 5.56 Å². The Morgan fingerprint density at radius 3 is 2.76 bits per heavy atom. The number of rotatable bonds is 5. The van der Waals surface area contributed by atoms with E-state index in [2.05, 4.69) is 33.9 Å². The van der Waals surface area contributed by atoms with Gasteiger partial charge in [0.15, 0.2) is 5.69 Å². The second-order valence-corrected chi connectivity index (χ2v) is 7.28. The molecule has 0 radical (unpaired) electrons. The summed E-state index contributed by atoms with van der Waals surface area (Å²) in [6.45, 7) is 5.49. The van der Waals surface area contributed by atoms with E-state index in [0.29, 0.717) is 11.6 Å². The third-order valence-electron chi connectivity index (χ3n) is 4.89. The lowest BCUT2D eigenvalue weighted by atomic mass is 10.0. The van der Waals surface area contributed by atoms with Crippen molar-refractivity contribution in [3.05, 3.63) is 77.1 Å². The molecule has 0 fully saturated rings. The zero-order valence-corrected chi connectivity index (χ0v) is 16.9. The smallest absolute Gasteiger partial charge is 0.247 e. The highest BCUT2D eigenvalue weighted by Gasteiger charge is 2.33. The van der Waals surface area contributed by atoms with Crippen LogP contribution in [0.25, 0.3) is 11.3 Å². The first-order valence-electron chi connectivity index (χ1n) is 9.47. The average molecular weight is 407 g/mol. The van der Waals surface area contributed by atoms with Crippen LogP contribution < -0.4 is 9.64 Å². The number of hydrogen-bond acceptors (Lipinski definition) is 6. The topological polar surface area (TPSA) is 74.3 Å². The molecule has 2 heterocycles. The third-order valence-corrected chi connectivity index (χ3v) is 5.07. The van der Waals surface area contributed by atoms with Crippen molar-refractivity contribution in [3.63, 3.8) is 0 Å². The summed E-state index contributed by atoms with van der Waals surface area (Å²) in [6, 6.07) is 15.9. The number of aromatic nitrogens is 3. The standard InChI is InChI=1S/C22H22N4O2S/c1-3-4-7-15-10-12-16(13-11-15)21-26(14(2)27)18-9-6-5-8-17(18)19-20(28-21)23-22(29)25-24-19/h3,5-6,8-14,21,27H,1,4,7H2,2H3,(H,23,25,29). The number of hydrogen-bond donors (Lipinski definition) is 2. The van der Waals surface area contributed by atoms with E-state index in [1.807, 2.05) is 47.4 Å². The lowest BCUT2D eigenvalue weighted by Crippen LogP contribution is -2.39. The van der Waals surface area contributed by atoms with Crippen molar-refractivity contribution in [2.45, 2.75) is 32.2 Å². The van der Waals surface area contributed by atoms with Crippen LogP contribution in [0.2, 0.25) is 0 Å². The number of aliphatic hydroxyl groups excluding tert-OH is 1. The van der Waals surface area contributed by atoms with E-state index < -0.39 is 12.5 Å². The van der Waals surface area contributed by atoms with Crippen molar-refractivity contribution in [2.24, 2.45) is 0 Å². The van der Waals surface area contributed by atoms with Gasteiger partial charge in [-0.05, 0) is 43.6 Å². The summed E-state index contributed by atoms with van der Waals surface area (Å²) in [7, 11) is 0. The van der Waals surface area contributed by atoms with Gasteiger partial charge in [0.25, 0.3) is 0 Å². The van der Waals surface area contributed by atoms with Crippen LogP contribution in [0.5, 0.6) is 5.88 Å². The molecule has 6 nitrogen and oxygen atoms in total. The van der Waals surface area contributed by atoms with E-state index in [9.17, 15) is 5.11 Å². The quantitative estimate of drug-likeness (QED) is 0.478. The number of fused-ring (bicyclic) bond motifs is 3. The largest absolute Gasteiger partial charge is 0.447 e. The van der Waals surface area contributed by atoms with Gasteiger partial charge in [-0.15, -0.1) is 6.58 Å². The van der Waals surface area contributed by atoms with Crippen LogP contribution >= 0.6 is 12.2 Å². The Morgan fingerprint density at radius 2 is 2.03 bits per heavy atom. The lowest BCUT2D eigenvalue weighted by Gasteiger charge is -2.34. The molecule has 148 valence electrons. The molecule has 2 N–H and O–H groups in total. The molecule has 4 rings (SSSR count). The number of para-hydroxylation sites is 1. The van der Waals surface area contributed by atoms with Gasteiger partial charge >= 0.3 is 0 Å². The van der Waals surface area contributed by atoms with Gasteiger partial charge in [0.2, 0.25) is 16.9 Å². The molecule has 3 aromatic rings. The molecule has 0 saturated heterocycles. The van der Waals surface area contributed by atoms with Crippen molar-refractivity contribution in [3.8, 4) is 17.1 Å². The molecule has 0 bridgehead atoms. The number of aliphatic hydroxyl groups is 1. The van der Waals surface area contributed by atoms with Gasteiger partial charge in [0, 0.05) is 11.1 Å². The van der Waals surface area contributed by atoms with Crippen molar-refractivity contribution in [1.29, 1.82) is 0 Å². The van der Waals surface area contributed by atoms with E-state index in [4.69, 9.17) is 17.0 Å². The number of nitrogens with zero attached hydrogens (tertiary/aromatic N) is 3. The average Bonchev–Trinajstić information content (AvgIpc) is 2.86. The molecule has 1 aliphatic heterocycles. The molecule has 2 unspecified atom stereocenters. The fourth-order valence-corrected chi connectivity index (χ4v) is 3.64. The summed E-state index contributed by atoms with van der Waals surface area (Å²) in [5.41, 5.74) is 4.30. The Balaban J connectivity index is 1.85. The van der Waals surface area contributed by atoms with Crippen LogP contribution in [0.4, 0.5) is 5.69 Å². The summed E-state index contributed by atoms with van der Waals surface area (Å²) >= 11 is 5.15. The summed E-state index contributed by atoms with van der Waals surface area (Å²) < 4.78 is 6.53. The van der Waals surface area contributed by atoms with Gasteiger partial charge in [-0.3, -0.25) is 5.10 Å². The van der Waals surface area contributed by atoms with E-state index in [0.717, 1.165) is 29.7 Å². The van der Waals surface area contributed by atoms with Crippen LogP contribution in [-0.2, 0) is 6.42 Å². The van der Waals surface area contributed by atoms with Gasteiger partial charge in [-0.25, -0.2) is 0 Å². The number of H-pyrrole nitrogens is 1. The Bertz CT molecular complexity index is 1080. The predicted octanol–water partition coefficient (Wildman–Crippen LogP) is 4.56. The van der Waals surface area contributed by atoms with Gasteiger partial charge in [0.1, 0.15) is 6.23 Å². The number of allylic oxidation sites excluding steroid dienone is 1. The molecule has 0 amide bonds. The van der Waals surface area contributed by atoms with Crippen molar-refractivity contribution >= 4 is 17.9 Å². The molecule has 2 aromatic carbocycles. The second-order valence-electron chi connectivity index (χ2n) is 6.89. The molecule has 0 spiro atoms. The number of nitrogens with one attached hydrogen (secondary N) is 1. The predicted molar refractivity (Wildman–Crippen MR) is 115 cm³/mol. The SMILES string of the molecule is C=CCCc1ccc(C2Oc3nc(=S)[nH]nc3-c3ccccc3N2C(C)O)cc1. The van der Waals surface area contributed by atoms with Gasteiger partial charge in [-0.2, -0.15) is 10.1 Å². The van der Waals surface area contributed by atoms with E-state index in [-0.39, 0.29) is 4.77 Å². The summed E-state index contributed by atoms with van der Waals surface area (Å²) in [5.74, 6) is 0.338. The van der Waals surface area contributed by atoms with Crippen LogP contribution in [0.1, 0.15) is 30.7 Å². The minimum Gasteiger partial charge on any atom is -0.447 e.